The Balaban J connectivity index is 2.06. The largest absolute Gasteiger partial charge is 0.493 e. The highest BCUT2D eigenvalue weighted by molar-refractivity contribution is 7.91. The zero-order valence-electron chi connectivity index (χ0n) is 15.1. The Kier molecular flexibility index (Phi) is 4.59. The third-order valence-electron chi connectivity index (χ3n) is 4.57. The Bertz CT molecular complexity index is 900. The van der Waals surface area contributed by atoms with E-state index in [9.17, 15) is 8.42 Å². The summed E-state index contributed by atoms with van der Waals surface area (Å²) in [5.74, 6) is 1.28. The number of benzene rings is 1. The minimum atomic E-state index is -3.51. The van der Waals surface area contributed by atoms with Crippen molar-refractivity contribution >= 4 is 21.4 Å². The zero-order valence-corrected chi connectivity index (χ0v) is 16.8. The van der Waals surface area contributed by atoms with E-state index in [4.69, 9.17) is 9.47 Å². The highest BCUT2D eigenvalue weighted by Gasteiger charge is 2.39. The van der Waals surface area contributed by atoms with Gasteiger partial charge in [-0.15, -0.1) is 11.3 Å². The Morgan fingerprint density at radius 3 is 2.32 bits per heavy atom. The van der Waals surface area contributed by atoms with Crippen molar-refractivity contribution in [2.75, 3.05) is 20.8 Å². The van der Waals surface area contributed by atoms with Crippen LogP contribution in [0.1, 0.15) is 29.9 Å². The van der Waals surface area contributed by atoms with Crippen molar-refractivity contribution in [3.05, 3.63) is 40.3 Å². The van der Waals surface area contributed by atoms with Gasteiger partial charge in [-0.3, -0.25) is 0 Å². The van der Waals surface area contributed by atoms with Crippen molar-refractivity contribution in [1.29, 1.82) is 0 Å². The molecule has 0 unspecified atom stereocenters. The van der Waals surface area contributed by atoms with E-state index >= 15 is 0 Å². The van der Waals surface area contributed by atoms with Crippen molar-refractivity contribution in [3.8, 4) is 11.5 Å². The number of fused-ring (bicyclic) bond motifs is 1. The number of sulfonamides is 1. The van der Waals surface area contributed by atoms with Crippen molar-refractivity contribution < 1.29 is 17.9 Å². The molecule has 7 heteroatoms. The second kappa shape index (κ2) is 6.30. The van der Waals surface area contributed by atoms with Gasteiger partial charge in [0.1, 0.15) is 4.21 Å². The fraction of sp³-hybridized carbons (Fsp3) is 0.444. The van der Waals surface area contributed by atoms with Crippen LogP contribution in [0.5, 0.6) is 11.5 Å². The lowest BCUT2D eigenvalue weighted by Crippen LogP contribution is -2.44. The first-order chi connectivity index (χ1) is 11.7. The maximum absolute atomic E-state index is 13.1. The lowest BCUT2D eigenvalue weighted by Gasteiger charge is -2.39. The molecule has 3 rings (SSSR count). The molecule has 0 saturated heterocycles. The standard InChI is InChI=1S/C18H23NO4S2/c1-12-6-7-17(24-12)25(20,21)19-10-13-8-15(22-4)16(23-5)9-14(13)18(2,3)11-19/h6-9H,10-11H2,1-5H3. The van der Waals surface area contributed by atoms with Crippen molar-refractivity contribution in [1.82, 2.24) is 4.31 Å². The second-order valence-electron chi connectivity index (χ2n) is 6.89. The summed E-state index contributed by atoms with van der Waals surface area (Å²) in [6.45, 7) is 6.78. The highest BCUT2D eigenvalue weighted by atomic mass is 32.2. The number of rotatable bonds is 4. The molecule has 2 aromatic rings. The van der Waals surface area contributed by atoms with Gasteiger partial charge in [-0.1, -0.05) is 13.8 Å². The van der Waals surface area contributed by atoms with E-state index in [1.807, 2.05) is 25.1 Å². The highest BCUT2D eigenvalue weighted by Crippen LogP contribution is 2.41. The molecule has 25 heavy (non-hydrogen) atoms. The van der Waals surface area contributed by atoms with Crippen molar-refractivity contribution in [2.24, 2.45) is 0 Å². The smallest absolute Gasteiger partial charge is 0.252 e. The zero-order chi connectivity index (χ0) is 18.4. The summed E-state index contributed by atoms with van der Waals surface area (Å²) in [5.41, 5.74) is 1.72. The Labute approximate surface area is 153 Å². The Hall–Kier alpha value is -1.57. The monoisotopic (exact) mass is 381 g/mol. The molecule has 0 radical (unpaired) electrons. The fourth-order valence-corrected chi connectivity index (χ4v) is 6.32. The number of nitrogens with zero attached hydrogens (tertiary/aromatic N) is 1. The summed E-state index contributed by atoms with van der Waals surface area (Å²) in [7, 11) is -0.319. The fourth-order valence-electron chi connectivity index (χ4n) is 3.30. The Morgan fingerprint density at radius 1 is 1.12 bits per heavy atom. The lowest BCUT2D eigenvalue weighted by atomic mass is 9.79. The van der Waals surface area contributed by atoms with Crippen LogP contribution in [0.4, 0.5) is 0 Å². The van der Waals surface area contributed by atoms with E-state index in [0.29, 0.717) is 28.8 Å². The lowest BCUT2D eigenvalue weighted by molar-refractivity contribution is 0.295. The molecule has 0 bridgehead atoms. The van der Waals surface area contributed by atoms with Gasteiger partial charge in [0, 0.05) is 23.4 Å². The van der Waals surface area contributed by atoms with Crippen LogP contribution in [0.25, 0.3) is 0 Å². The van der Waals surface area contributed by atoms with Crippen LogP contribution >= 0.6 is 11.3 Å². The molecule has 0 amide bonds. The van der Waals surface area contributed by atoms with Gasteiger partial charge in [-0.2, -0.15) is 4.31 Å². The normalized spacial score (nSPS) is 17.2. The van der Waals surface area contributed by atoms with Crippen LogP contribution in [0.3, 0.4) is 0 Å². The molecule has 136 valence electrons. The predicted molar refractivity (Wildman–Crippen MR) is 99.2 cm³/mol. The average Bonchev–Trinajstić information content (AvgIpc) is 3.00. The third kappa shape index (κ3) is 3.16. The molecule has 0 spiro atoms. The summed E-state index contributed by atoms with van der Waals surface area (Å²) < 4.78 is 38.9. The summed E-state index contributed by atoms with van der Waals surface area (Å²) in [4.78, 5) is 0.988. The van der Waals surface area contributed by atoms with Crippen LogP contribution in [0, 0.1) is 6.92 Å². The molecule has 0 saturated carbocycles. The predicted octanol–water partition coefficient (Wildman–Crippen LogP) is 3.56. The van der Waals surface area contributed by atoms with Gasteiger partial charge < -0.3 is 9.47 Å². The molecule has 1 aromatic heterocycles. The molecular weight excluding hydrogens is 358 g/mol. The number of ether oxygens (including phenoxy) is 2. The molecule has 2 heterocycles. The average molecular weight is 382 g/mol. The summed E-state index contributed by atoms with van der Waals surface area (Å²) in [5, 5.41) is 0. The summed E-state index contributed by atoms with van der Waals surface area (Å²) in [6.07, 6.45) is 0. The van der Waals surface area contributed by atoms with Crippen LogP contribution < -0.4 is 9.47 Å². The summed E-state index contributed by atoms with van der Waals surface area (Å²) in [6, 6.07) is 7.38. The van der Waals surface area contributed by atoms with Gasteiger partial charge in [0.2, 0.25) is 0 Å². The third-order valence-corrected chi connectivity index (χ3v) is 7.83. The minimum absolute atomic E-state index is 0.327. The molecular formula is C18H23NO4S2. The number of hydrogen-bond acceptors (Lipinski definition) is 5. The molecule has 1 aromatic carbocycles. The first-order valence-electron chi connectivity index (χ1n) is 8.01. The first-order valence-corrected chi connectivity index (χ1v) is 10.3. The second-order valence-corrected chi connectivity index (χ2v) is 10.3. The van der Waals surface area contributed by atoms with E-state index in [2.05, 4.69) is 13.8 Å². The molecule has 0 fully saturated rings. The molecule has 0 N–H and O–H groups in total. The minimum Gasteiger partial charge on any atom is -0.493 e. The maximum Gasteiger partial charge on any atom is 0.252 e. The van der Waals surface area contributed by atoms with Gasteiger partial charge in [0.25, 0.3) is 10.0 Å². The molecule has 1 aliphatic rings. The number of methoxy groups -OCH3 is 2. The van der Waals surface area contributed by atoms with E-state index in [1.54, 1.807) is 24.6 Å². The van der Waals surface area contributed by atoms with E-state index in [1.165, 1.54) is 11.3 Å². The Morgan fingerprint density at radius 2 is 1.76 bits per heavy atom. The van der Waals surface area contributed by atoms with Crippen molar-refractivity contribution in [2.45, 2.75) is 36.9 Å². The maximum atomic E-state index is 13.1. The topological polar surface area (TPSA) is 55.8 Å². The molecule has 5 nitrogen and oxygen atoms in total. The van der Waals surface area contributed by atoms with Crippen LogP contribution in [0.2, 0.25) is 0 Å². The summed E-state index contributed by atoms with van der Waals surface area (Å²) >= 11 is 1.31. The van der Waals surface area contributed by atoms with E-state index in [0.717, 1.165) is 16.0 Å². The molecule has 0 aliphatic carbocycles. The van der Waals surface area contributed by atoms with Gasteiger partial charge >= 0.3 is 0 Å². The number of aryl methyl sites for hydroxylation is 1. The van der Waals surface area contributed by atoms with Gasteiger partial charge in [0.15, 0.2) is 11.5 Å². The number of thiophene rings is 1. The van der Waals surface area contributed by atoms with Gasteiger partial charge in [-0.25, -0.2) is 8.42 Å². The quantitative estimate of drug-likeness (QED) is 0.813. The first kappa shape index (κ1) is 18.2. The van der Waals surface area contributed by atoms with Gasteiger partial charge in [-0.05, 0) is 42.3 Å². The van der Waals surface area contributed by atoms with E-state index in [-0.39, 0.29) is 5.41 Å². The van der Waals surface area contributed by atoms with Gasteiger partial charge in [0.05, 0.1) is 14.2 Å². The van der Waals surface area contributed by atoms with Crippen molar-refractivity contribution in [3.63, 3.8) is 0 Å². The van der Waals surface area contributed by atoms with Crippen LogP contribution in [-0.4, -0.2) is 33.5 Å². The molecule has 0 atom stereocenters. The SMILES string of the molecule is COc1cc2c(cc1OC)C(C)(C)CN(S(=O)(=O)c1ccc(C)s1)C2. The number of hydrogen-bond donors (Lipinski definition) is 0. The van der Waals surface area contributed by atoms with E-state index < -0.39 is 10.0 Å². The molecule has 1 aliphatic heterocycles. The van der Waals surface area contributed by atoms with Crippen LogP contribution in [-0.2, 0) is 22.0 Å². The van der Waals surface area contributed by atoms with Crippen LogP contribution in [0.15, 0.2) is 28.5 Å².